The smallest absolute Gasteiger partial charge is 0.250 e. The van der Waals surface area contributed by atoms with Gasteiger partial charge in [-0.25, -0.2) is 13.1 Å². The lowest BCUT2D eigenvalue weighted by molar-refractivity contribution is 0.0884. The molecule has 1 aromatic heterocycles. The van der Waals surface area contributed by atoms with Gasteiger partial charge in [0.2, 0.25) is 10.0 Å². The van der Waals surface area contributed by atoms with Crippen molar-refractivity contribution in [1.82, 2.24) is 10.0 Å². The largest absolute Gasteiger partial charge is 0.378 e. The topological polar surface area (TPSA) is 67.4 Å². The van der Waals surface area contributed by atoms with E-state index in [1.54, 1.807) is 6.07 Å². The van der Waals surface area contributed by atoms with Crippen LogP contribution in [0.2, 0.25) is 0 Å². The molecule has 0 bridgehead atoms. The van der Waals surface area contributed by atoms with Crippen molar-refractivity contribution < 1.29 is 13.2 Å². The summed E-state index contributed by atoms with van der Waals surface area (Å²) < 4.78 is 33.4. The first-order valence-corrected chi connectivity index (χ1v) is 9.71. The third-order valence-electron chi connectivity index (χ3n) is 3.81. The highest BCUT2D eigenvalue weighted by molar-refractivity contribution is 7.91. The van der Waals surface area contributed by atoms with E-state index in [1.165, 1.54) is 11.3 Å². The van der Waals surface area contributed by atoms with Gasteiger partial charge in [0, 0.05) is 23.9 Å². The molecule has 7 heteroatoms. The number of ether oxygens (including phenoxy) is 1. The van der Waals surface area contributed by atoms with E-state index in [0.717, 1.165) is 37.3 Å². The molecule has 1 aliphatic heterocycles. The van der Waals surface area contributed by atoms with Crippen molar-refractivity contribution in [3.63, 3.8) is 0 Å². The average molecular weight is 332 g/mol. The quantitative estimate of drug-likeness (QED) is 0.759. The van der Waals surface area contributed by atoms with Gasteiger partial charge >= 0.3 is 0 Å². The molecule has 2 rings (SSSR count). The molecule has 1 aliphatic rings. The Morgan fingerprint density at radius 2 is 2.24 bits per heavy atom. The molecule has 2 N–H and O–H groups in total. The molecule has 120 valence electrons. The summed E-state index contributed by atoms with van der Waals surface area (Å²) in [6.45, 7) is 4.12. The van der Waals surface area contributed by atoms with Crippen LogP contribution in [0.4, 0.5) is 0 Å². The second kappa shape index (κ2) is 7.69. The van der Waals surface area contributed by atoms with Crippen LogP contribution >= 0.6 is 11.3 Å². The lowest BCUT2D eigenvalue weighted by Gasteiger charge is -2.16. The van der Waals surface area contributed by atoms with Gasteiger partial charge < -0.3 is 10.1 Å². The normalized spacial score (nSPS) is 22.8. The summed E-state index contributed by atoms with van der Waals surface area (Å²) in [5.41, 5.74) is 0. The summed E-state index contributed by atoms with van der Waals surface area (Å²) in [4.78, 5) is 1.08. The van der Waals surface area contributed by atoms with Crippen molar-refractivity contribution in [2.24, 2.45) is 5.92 Å². The number of rotatable bonds is 8. The molecule has 0 saturated carbocycles. The molecule has 0 aromatic carbocycles. The minimum atomic E-state index is -3.39. The minimum absolute atomic E-state index is 0.183. The number of nitrogens with one attached hydrogen (secondary N) is 2. The van der Waals surface area contributed by atoms with E-state index in [9.17, 15) is 8.42 Å². The summed E-state index contributed by atoms with van der Waals surface area (Å²) in [5.74, 6) is 0.286. The summed E-state index contributed by atoms with van der Waals surface area (Å²) in [5, 5.41) is 3.07. The zero-order valence-corrected chi connectivity index (χ0v) is 14.2. The second-order valence-corrected chi connectivity index (χ2v) is 8.45. The number of sulfonamides is 1. The zero-order valence-electron chi connectivity index (χ0n) is 12.6. The van der Waals surface area contributed by atoms with E-state index in [0.29, 0.717) is 10.8 Å². The Hall–Kier alpha value is -0.470. The summed E-state index contributed by atoms with van der Waals surface area (Å²) in [7, 11) is -1.50. The first-order valence-electron chi connectivity index (χ1n) is 7.41. The van der Waals surface area contributed by atoms with Crippen LogP contribution < -0.4 is 10.0 Å². The van der Waals surface area contributed by atoms with Crippen LogP contribution in [0.25, 0.3) is 0 Å². The van der Waals surface area contributed by atoms with Crippen molar-refractivity contribution >= 4 is 21.4 Å². The highest BCUT2D eigenvalue weighted by Gasteiger charge is 2.28. The van der Waals surface area contributed by atoms with Gasteiger partial charge in [0.05, 0.1) is 6.10 Å². The molecule has 1 saturated heterocycles. The van der Waals surface area contributed by atoms with Crippen molar-refractivity contribution in [3.8, 4) is 0 Å². The SMILES string of the molecule is CCC1OCCC1CNS(=O)(=O)c1ccc(CCNC)s1. The Bertz CT molecular complexity index is 542. The van der Waals surface area contributed by atoms with Gasteiger partial charge in [-0.05, 0) is 45.0 Å². The van der Waals surface area contributed by atoms with E-state index in [-0.39, 0.29) is 12.0 Å². The van der Waals surface area contributed by atoms with E-state index < -0.39 is 10.0 Å². The number of likely N-dealkylation sites (N-methyl/N-ethyl adjacent to an activating group) is 1. The monoisotopic (exact) mass is 332 g/mol. The predicted molar refractivity (Wildman–Crippen MR) is 85.3 cm³/mol. The van der Waals surface area contributed by atoms with Crippen LogP contribution in [-0.2, 0) is 21.2 Å². The Balaban J connectivity index is 1.93. The number of hydrogen-bond donors (Lipinski definition) is 2. The number of thiophene rings is 1. The lowest BCUT2D eigenvalue weighted by Crippen LogP contribution is -2.32. The van der Waals surface area contributed by atoms with E-state index >= 15 is 0 Å². The molecule has 2 heterocycles. The fraction of sp³-hybridized carbons (Fsp3) is 0.714. The lowest BCUT2D eigenvalue weighted by atomic mass is 10.0. The molecule has 21 heavy (non-hydrogen) atoms. The summed E-state index contributed by atoms with van der Waals surface area (Å²) in [6, 6.07) is 3.59. The van der Waals surface area contributed by atoms with Gasteiger partial charge in [0.25, 0.3) is 0 Å². The first-order chi connectivity index (χ1) is 10.1. The van der Waals surface area contributed by atoms with Gasteiger partial charge in [0.15, 0.2) is 0 Å². The summed E-state index contributed by atoms with van der Waals surface area (Å²) in [6.07, 6.45) is 2.89. The minimum Gasteiger partial charge on any atom is -0.378 e. The molecule has 2 atom stereocenters. The molecule has 0 spiro atoms. The molecular formula is C14H24N2O3S2. The maximum Gasteiger partial charge on any atom is 0.250 e. The Morgan fingerprint density at radius 1 is 1.43 bits per heavy atom. The van der Waals surface area contributed by atoms with Crippen molar-refractivity contribution in [2.75, 3.05) is 26.7 Å². The molecule has 2 unspecified atom stereocenters. The van der Waals surface area contributed by atoms with Crippen molar-refractivity contribution in [3.05, 3.63) is 17.0 Å². The molecule has 5 nitrogen and oxygen atoms in total. The van der Waals surface area contributed by atoms with Crippen LogP contribution in [0.3, 0.4) is 0 Å². The van der Waals surface area contributed by atoms with Crippen LogP contribution in [-0.4, -0.2) is 41.3 Å². The van der Waals surface area contributed by atoms with Crippen LogP contribution in [0.15, 0.2) is 16.3 Å². The zero-order chi connectivity index (χ0) is 15.3. The highest BCUT2D eigenvalue weighted by Crippen LogP contribution is 2.25. The first kappa shape index (κ1) is 16.9. The van der Waals surface area contributed by atoms with Crippen LogP contribution in [0, 0.1) is 5.92 Å². The van der Waals surface area contributed by atoms with E-state index in [1.807, 2.05) is 13.1 Å². The Morgan fingerprint density at radius 3 is 2.95 bits per heavy atom. The van der Waals surface area contributed by atoms with Gasteiger partial charge in [0.1, 0.15) is 4.21 Å². The third kappa shape index (κ3) is 4.50. The molecule has 1 aromatic rings. The molecular weight excluding hydrogens is 308 g/mol. The van der Waals surface area contributed by atoms with Gasteiger partial charge in [-0.1, -0.05) is 6.92 Å². The van der Waals surface area contributed by atoms with Crippen molar-refractivity contribution in [1.29, 1.82) is 0 Å². The average Bonchev–Trinajstić information content (AvgIpc) is 3.12. The van der Waals surface area contributed by atoms with E-state index in [2.05, 4.69) is 17.0 Å². The Labute approximate surface area is 131 Å². The van der Waals surface area contributed by atoms with Gasteiger partial charge in [-0.3, -0.25) is 0 Å². The van der Waals surface area contributed by atoms with E-state index in [4.69, 9.17) is 4.74 Å². The molecule has 0 amide bonds. The summed E-state index contributed by atoms with van der Waals surface area (Å²) >= 11 is 1.35. The standard InChI is InChI=1S/C14H24N2O3S2/c1-3-13-11(7-9-19-13)10-16-21(17,18)14-5-4-12(20-14)6-8-15-2/h4-5,11,13,15-16H,3,6-10H2,1-2H3. The second-order valence-electron chi connectivity index (χ2n) is 5.29. The van der Waals surface area contributed by atoms with Crippen LogP contribution in [0.1, 0.15) is 24.6 Å². The van der Waals surface area contributed by atoms with Gasteiger partial charge in [-0.15, -0.1) is 11.3 Å². The maximum atomic E-state index is 12.3. The molecule has 0 aliphatic carbocycles. The predicted octanol–water partition coefficient (Wildman–Crippen LogP) is 1.60. The molecule has 1 fully saturated rings. The number of hydrogen-bond acceptors (Lipinski definition) is 5. The van der Waals surface area contributed by atoms with Crippen molar-refractivity contribution in [2.45, 2.75) is 36.5 Å². The Kier molecular flexibility index (Phi) is 6.19. The maximum absolute atomic E-state index is 12.3. The van der Waals surface area contributed by atoms with Crippen LogP contribution in [0.5, 0.6) is 0 Å². The fourth-order valence-electron chi connectivity index (χ4n) is 2.55. The highest BCUT2D eigenvalue weighted by atomic mass is 32.2. The van der Waals surface area contributed by atoms with Gasteiger partial charge in [-0.2, -0.15) is 0 Å². The molecule has 0 radical (unpaired) electrons. The third-order valence-corrected chi connectivity index (χ3v) is 6.87. The fourth-order valence-corrected chi connectivity index (χ4v) is 5.04.